The fraction of sp³-hybridized carbons (Fsp3) is 0.409. The molecular weight excluding hydrogens is 414 g/mol. The average molecular weight is 442 g/mol. The third-order valence-corrected chi connectivity index (χ3v) is 6.98. The van der Waals surface area contributed by atoms with Crippen LogP contribution in [0, 0.1) is 0 Å². The molecule has 0 radical (unpaired) electrons. The number of fused-ring (bicyclic) bond motifs is 1. The van der Waals surface area contributed by atoms with E-state index in [-0.39, 0.29) is 11.4 Å². The smallest absolute Gasteiger partial charge is 0.255 e. The summed E-state index contributed by atoms with van der Waals surface area (Å²) >= 11 is 1.66. The Morgan fingerprint density at radius 3 is 2.61 bits per heavy atom. The molecule has 0 unspecified atom stereocenters. The first-order valence-electron chi connectivity index (χ1n) is 10.1. The molecule has 4 heterocycles. The van der Waals surface area contributed by atoms with E-state index in [1.54, 1.807) is 38.0 Å². The number of methoxy groups -OCH3 is 2. The molecule has 3 aromatic rings. The van der Waals surface area contributed by atoms with E-state index in [4.69, 9.17) is 9.47 Å². The van der Waals surface area contributed by atoms with Crippen molar-refractivity contribution in [1.29, 1.82) is 0 Å². The maximum atomic E-state index is 13.0. The fourth-order valence-corrected chi connectivity index (χ4v) is 5.07. The van der Waals surface area contributed by atoms with Crippen molar-refractivity contribution in [3.05, 3.63) is 47.1 Å². The van der Waals surface area contributed by atoms with Crippen LogP contribution in [-0.2, 0) is 21.6 Å². The summed E-state index contributed by atoms with van der Waals surface area (Å²) in [6.45, 7) is 6.52. The molecule has 4 rings (SSSR count). The number of ether oxygens (including phenoxy) is 2. The van der Waals surface area contributed by atoms with Crippen LogP contribution < -0.4 is 5.32 Å². The predicted octanol–water partition coefficient (Wildman–Crippen LogP) is 3.73. The van der Waals surface area contributed by atoms with E-state index in [2.05, 4.69) is 29.2 Å². The average Bonchev–Trinajstić information content (AvgIpc) is 3.43. The molecule has 1 amide bonds. The molecule has 0 atom stereocenters. The van der Waals surface area contributed by atoms with Gasteiger partial charge >= 0.3 is 0 Å². The van der Waals surface area contributed by atoms with Gasteiger partial charge in [0.05, 0.1) is 37.1 Å². The lowest BCUT2D eigenvalue weighted by Crippen LogP contribution is -2.41. The number of hydrogen-bond acceptors (Lipinski definition) is 7. The minimum atomic E-state index is -0.351. The number of pyridine rings is 1. The minimum Gasteiger partial charge on any atom is -0.383 e. The summed E-state index contributed by atoms with van der Waals surface area (Å²) in [6, 6.07) is 7.86. The van der Waals surface area contributed by atoms with E-state index in [0.717, 1.165) is 32.5 Å². The standard InChI is InChI=1S/C22H27N5O3S/c1-22(2)20-16(21(28)26(22)9-11-29-3)14-17(31-20)15-5-7-23-18(13-15)25-19-6-8-24-27(19)10-12-30-4/h5-8,13-14H,9-12H2,1-4H3,(H,23,25). The zero-order chi connectivity index (χ0) is 22.0. The van der Waals surface area contributed by atoms with Crippen molar-refractivity contribution >= 4 is 28.9 Å². The van der Waals surface area contributed by atoms with E-state index in [1.165, 1.54) is 0 Å². The van der Waals surface area contributed by atoms with Gasteiger partial charge in [-0.15, -0.1) is 11.3 Å². The van der Waals surface area contributed by atoms with E-state index < -0.39 is 0 Å². The molecule has 0 fully saturated rings. The quantitative estimate of drug-likeness (QED) is 0.545. The molecule has 1 aliphatic heterocycles. The highest BCUT2D eigenvalue weighted by atomic mass is 32.1. The Balaban J connectivity index is 1.57. The second kappa shape index (κ2) is 8.78. The lowest BCUT2D eigenvalue weighted by molar-refractivity contribution is 0.0526. The Hall–Kier alpha value is -2.75. The highest BCUT2D eigenvalue weighted by Gasteiger charge is 2.44. The van der Waals surface area contributed by atoms with Crippen LogP contribution in [0.4, 0.5) is 11.6 Å². The Labute approximate surface area is 185 Å². The highest BCUT2D eigenvalue weighted by Crippen LogP contribution is 2.46. The molecule has 0 aliphatic carbocycles. The summed E-state index contributed by atoms with van der Waals surface area (Å²) < 4.78 is 12.2. The number of thiophene rings is 1. The molecule has 0 spiro atoms. The fourth-order valence-electron chi connectivity index (χ4n) is 3.81. The van der Waals surface area contributed by atoms with Gasteiger partial charge in [0.2, 0.25) is 0 Å². The monoisotopic (exact) mass is 441 g/mol. The third-order valence-electron chi connectivity index (χ3n) is 5.48. The molecule has 0 aromatic carbocycles. The van der Waals surface area contributed by atoms with Crippen LogP contribution in [0.5, 0.6) is 0 Å². The van der Waals surface area contributed by atoms with Crippen LogP contribution in [0.1, 0.15) is 29.1 Å². The van der Waals surface area contributed by atoms with Crippen LogP contribution in [0.25, 0.3) is 10.4 Å². The lowest BCUT2D eigenvalue weighted by Gasteiger charge is -2.32. The first-order chi connectivity index (χ1) is 15.0. The molecule has 31 heavy (non-hydrogen) atoms. The van der Waals surface area contributed by atoms with Gasteiger partial charge in [0.25, 0.3) is 5.91 Å². The van der Waals surface area contributed by atoms with Gasteiger partial charge in [-0.25, -0.2) is 9.67 Å². The molecule has 0 saturated heterocycles. The number of amides is 1. The molecule has 0 bridgehead atoms. The number of rotatable bonds is 9. The number of carbonyl (C=O) groups excluding carboxylic acids is 1. The van der Waals surface area contributed by atoms with Crippen molar-refractivity contribution in [3.8, 4) is 10.4 Å². The topological polar surface area (TPSA) is 81.5 Å². The molecular formula is C22H27N5O3S. The summed E-state index contributed by atoms with van der Waals surface area (Å²) in [7, 11) is 3.32. The van der Waals surface area contributed by atoms with Gasteiger partial charge in [-0.05, 0) is 37.6 Å². The van der Waals surface area contributed by atoms with Crippen molar-refractivity contribution in [2.45, 2.75) is 25.9 Å². The number of aromatic nitrogens is 3. The van der Waals surface area contributed by atoms with Gasteiger partial charge in [0.15, 0.2) is 0 Å². The number of carbonyl (C=O) groups is 1. The second-order valence-electron chi connectivity index (χ2n) is 7.85. The molecule has 8 nitrogen and oxygen atoms in total. The minimum absolute atomic E-state index is 0.0639. The van der Waals surface area contributed by atoms with E-state index in [0.29, 0.717) is 26.3 Å². The van der Waals surface area contributed by atoms with E-state index in [1.807, 2.05) is 33.8 Å². The summed E-state index contributed by atoms with van der Waals surface area (Å²) in [6.07, 6.45) is 3.52. The van der Waals surface area contributed by atoms with E-state index >= 15 is 0 Å². The van der Waals surface area contributed by atoms with Crippen LogP contribution >= 0.6 is 11.3 Å². The van der Waals surface area contributed by atoms with Crippen LogP contribution in [0.3, 0.4) is 0 Å². The van der Waals surface area contributed by atoms with Crippen molar-refractivity contribution in [2.75, 3.05) is 39.3 Å². The van der Waals surface area contributed by atoms with Gasteiger partial charge < -0.3 is 19.7 Å². The first-order valence-corrected chi connectivity index (χ1v) is 11.0. The molecule has 0 saturated carbocycles. The van der Waals surface area contributed by atoms with Crippen molar-refractivity contribution < 1.29 is 14.3 Å². The Bertz CT molecular complexity index is 1070. The van der Waals surface area contributed by atoms with Gasteiger partial charge in [-0.3, -0.25) is 4.79 Å². The number of hydrogen-bond donors (Lipinski definition) is 1. The van der Waals surface area contributed by atoms with Crippen molar-refractivity contribution in [1.82, 2.24) is 19.7 Å². The highest BCUT2D eigenvalue weighted by molar-refractivity contribution is 7.16. The second-order valence-corrected chi connectivity index (χ2v) is 8.90. The lowest BCUT2D eigenvalue weighted by atomic mass is 10.0. The maximum Gasteiger partial charge on any atom is 0.255 e. The summed E-state index contributed by atoms with van der Waals surface area (Å²) in [5, 5.41) is 7.64. The van der Waals surface area contributed by atoms with Crippen molar-refractivity contribution in [2.24, 2.45) is 0 Å². The zero-order valence-electron chi connectivity index (χ0n) is 18.2. The first kappa shape index (κ1) is 21.5. The predicted molar refractivity (Wildman–Crippen MR) is 121 cm³/mol. The molecule has 164 valence electrons. The largest absolute Gasteiger partial charge is 0.383 e. The Kier molecular flexibility index (Phi) is 6.08. The van der Waals surface area contributed by atoms with Crippen LogP contribution in [-0.4, -0.2) is 59.5 Å². The van der Waals surface area contributed by atoms with Gasteiger partial charge in [-0.1, -0.05) is 0 Å². The number of nitrogens with one attached hydrogen (secondary N) is 1. The van der Waals surface area contributed by atoms with E-state index in [9.17, 15) is 4.79 Å². The van der Waals surface area contributed by atoms with Gasteiger partial charge in [0, 0.05) is 42.8 Å². The molecule has 1 aliphatic rings. The number of nitrogens with zero attached hydrogens (tertiary/aromatic N) is 4. The third kappa shape index (κ3) is 4.08. The molecule has 3 aromatic heterocycles. The summed E-state index contributed by atoms with van der Waals surface area (Å²) in [5.74, 6) is 1.63. The molecule has 9 heteroatoms. The van der Waals surface area contributed by atoms with Gasteiger partial charge in [-0.2, -0.15) is 5.10 Å². The van der Waals surface area contributed by atoms with Gasteiger partial charge in [0.1, 0.15) is 11.6 Å². The van der Waals surface area contributed by atoms with Crippen LogP contribution in [0.2, 0.25) is 0 Å². The van der Waals surface area contributed by atoms with Crippen LogP contribution in [0.15, 0.2) is 36.7 Å². The zero-order valence-corrected chi connectivity index (χ0v) is 19.0. The van der Waals surface area contributed by atoms with Crippen molar-refractivity contribution in [3.63, 3.8) is 0 Å². The number of anilines is 2. The Morgan fingerprint density at radius 2 is 1.87 bits per heavy atom. The normalized spacial score (nSPS) is 14.8. The summed E-state index contributed by atoms with van der Waals surface area (Å²) in [5.41, 5.74) is 1.45. The maximum absolute atomic E-state index is 13.0. The SMILES string of the molecule is COCCN1C(=O)c2cc(-c3ccnc(Nc4ccnn4CCOC)c3)sc2C1(C)C. The Morgan fingerprint density at radius 1 is 1.10 bits per heavy atom. The molecule has 1 N–H and O–H groups in total. The summed E-state index contributed by atoms with van der Waals surface area (Å²) in [4.78, 5) is 21.5.